The zero-order valence-corrected chi connectivity index (χ0v) is 17.5. The van der Waals surface area contributed by atoms with Gasteiger partial charge in [-0.25, -0.2) is 0 Å². The molecule has 1 aromatic rings. The molecule has 0 radical (unpaired) electrons. The molecule has 128 valence electrons. The number of aryl methyl sites for hydroxylation is 1. The van der Waals surface area contributed by atoms with Gasteiger partial charge in [0.05, 0.1) is 0 Å². The van der Waals surface area contributed by atoms with Gasteiger partial charge in [0.15, 0.2) is 0 Å². The molecule has 1 aliphatic rings. The van der Waals surface area contributed by atoms with E-state index >= 15 is 0 Å². The van der Waals surface area contributed by atoms with Gasteiger partial charge >= 0.3 is 7.12 Å². The zero-order chi connectivity index (χ0) is 17.2. The normalized spacial score (nSPS) is 18.1. The van der Waals surface area contributed by atoms with Gasteiger partial charge in [-0.3, -0.25) is 0 Å². The molecule has 2 rings (SSSR count). The van der Waals surface area contributed by atoms with Crippen LogP contribution in [0.15, 0.2) is 10.5 Å². The average molecular weight is 451 g/mol. The second-order valence-electron chi connectivity index (χ2n) is 6.27. The molecule has 0 spiro atoms. The van der Waals surface area contributed by atoms with E-state index in [0.29, 0.717) is 0 Å². The van der Waals surface area contributed by atoms with E-state index in [2.05, 4.69) is 49.4 Å². The molecule has 1 unspecified atom stereocenters. The predicted molar refractivity (Wildman–Crippen MR) is 105 cm³/mol. The Bertz CT molecular complexity index is 581. The SMILES string of the molecule is CC[C@](C)(I)OB(OC)C1=CCCc2oc(CC(C)Cl)c(C)c21. The molecule has 23 heavy (non-hydrogen) atoms. The van der Waals surface area contributed by atoms with E-state index in [9.17, 15) is 0 Å². The molecule has 1 aliphatic carbocycles. The molecule has 0 bridgehead atoms. The molecule has 0 N–H and O–H groups in total. The summed E-state index contributed by atoms with van der Waals surface area (Å²) in [7, 11) is 1.31. The van der Waals surface area contributed by atoms with Gasteiger partial charge in [-0.05, 0) is 67.2 Å². The quantitative estimate of drug-likeness (QED) is 0.319. The van der Waals surface area contributed by atoms with Crippen LogP contribution < -0.4 is 0 Å². The van der Waals surface area contributed by atoms with E-state index in [1.807, 2.05) is 6.92 Å². The molecule has 0 aromatic carbocycles. The van der Waals surface area contributed by atoms with Crippen molar-refractivity contribution in [1.82, 2.24) is 0 Å². The second kappa shape index (κ2) is 7.94. The van der Waals surface area contributed by atoms with Gasteiger partial charge in [-0.15, -0.1) is 11.6 Å². The topological polar surface area (TPSA) is 31.6 Å². The number of hydrogen-bond donors (Lipinski definition) is 0. The monoisotopic (exact) mass is 450 g/mol. The van der Waals surface area contributed by atoms with Crippen molar-refractivity contribution in [3.63, 3.8) is 0 Å². The Morgan fingerprint density at radius 2 is 2.22 bits per heavy atom. The second-order valence-corrected chi connectivity index (χ2v) is 9.30. The van der Waals surface area contributed by atoms with E-state index in [-0.39, 0.29) is 16.1 Å². The highest BCUT2D eigenvalue weighted by atomic mass is 127. The van der Waals surface area contributed by atoms with Crippen LogP contribution in [0.1, 0.15) is 56.3 Å². The fourth-order valence-electron chi connectivity index (χ4n) is 2.85. The third kappa shape index (κ3) is 4.56. The molecular formula is C17H25BClIO3. The molecule has 2 atom stereocenters. The molecule has 0 amide bonds. The van der Waals surface area contributed by atoms with Crippen molar-refractivity contribution in [3.8, 4) is 0 Å². The highest BCUT2D eigenvalue weighted by Gasteiger charge is 2.36. The Morgan fingerprint density at radius 1 is 1.52 bits per heavy atom. The summed E-state index contributed by atoms with van der Waals surface area (Å²) in [6.45, 7) is 8.28. The Labute approximate surface area is 158 Å². The third-order valence-corrected chi connectivity index (χ3v) is 5.43. The predicted octanol–water partition coefficient (Wildman–Crippen LogP) is 5.34. The number of furan rings is 1. The maximum Gasteiger partial charge on any atom is 0.495 e. The molecule has 1 heterocycles. The van der Waals surface area contributed by atoms with Crippen molar-refractivity contribution in [2.45, 2.75) is 62.4 Å². The number of alkyl halides is 2. The first-order valence-electron chi connectivity index (χ1n) is 8.14. The van der Waals surface area contributed by atoms with E-state index in [1.54, 1.807) is 7.11 Å². The van der Waals surface area contributed by atoms with Crippen molar-refractivity contribution >= 4 is 46.8 Å². The van der Waals surface area contributed by atoms with Crippen LogP contribution in [0.5, 0.6) is 0 Å². The molecule has 0 aliphatic heterocycles. The van der Waals surface area contributed by atoms with Crippen molar-refractivity contribution in [2.75, 3.05) is 7.11 Å². The summed E-state index contributed by atoms with van der Waals surface area (Å²) in [4.78, 5) is 0. The van der Waals surface area contributed by atoms with Crippen LogP contribution in [0, 0.1) is 6.92 Å². The number of rotatable bonds is 7. The number of allylic oxidation sites excluding steroid dienone is 1. The molecule has 0 saturated heterocycles. The minimum Gasteiger partial charge on any atom is -0.465 e. The standard InChI is InChI=1S/C17H25BClIO3/c1-6-17(4,20)23-18(21-5)13-8-7-9-14-16(13)12(3)15(22-14)10-11(2)19/h8,11H,6-7,9-10H2,1-5H3/t11?,17-/m1/s1. The van der Waals surface area contributed by atoms with Crippen molar-refractivity contribution in [3.05, 3.63) is 28.7 Å². The maximum atomic E-state index is 6.21. The van der Waals surface area contributed by atoms with Crippen LogP contribution in [-0.4, -0.2) is 23.2 Å². The molecule has 0 saturated carbocycles. The summed E-state index contributed by atoms with van der Waals surface area (Å²) in [6.07, 6.45) is 5.73. The summed E-state index contributed by atoms with van der Waals surface area (Å²) in [5, 5.41) is 0.0564. The minimum atomic E-state index is -0.381. The lowest BCUT2D eigenvalue weighted by Gasteiger charge is -2.28. The largest absolute Gasteiger partial charge is 0.495 e. The average Bonchev–Trinajstić information content (AvgIpc) is 2.81. The van der Waals surface area contributed by atoms with Gasteiger partial charge in [0.1, 0.15) is 15.1 Å². The number of fused-ring (bicyclic) bond motifs is 1. The minimum absolute atomic E-state index is 0.0564. The van der Waals surface area contributed by atoms with Crippen LogP contribution in [0.25, 0.3) is 5.47 Å². The highest BCUT2D eigenvalue weighted by molar-refractivity contribution is 14.1. The van der Waals surface area contributed by atoms with Gasteiger partial charge in [-0.2, -0.15) is 0 Å². The Balaban J connectivity index is 2.35. The van der Waals surface area contributed by atoms with Gasteiger partial charge < -0.3 is 13.7 Å². The lowest BCUT2D eigenvalue weighted by molar-refractivity contribution is 0.157. The summed E-state index contributed by atoms with van der Waals surface area (Å²) in [5.74, 6) is 2.01. The Hall–Kier alpha value is 0.0249. The van der Waals surface area contributed by atoms with Gasteiger partial charge in [0, 0.05) is 30.9 Å². The van der Waals surface area contributed by atoms with Crippen LogP contribution in [0.4, 0.5) is 0 Å². The molecular weight excluding hydrogens is 425 g/mol. The first-order valence-corrected chi connectivity index (χ1v) is 9.65. The van der Waals surface area contributed by atoms with Crippen LogP contribution in [0.3, 0.4) is 0 Å². The van der Waals surface area contributed by atoms with Gasteiger partial charge in [-0.1, -0.05) is 13.0 Å². The fourth-order valence-corrected chi connectivity index (χ4v) is 3.22. The maximum absolute atomic E-state index is 6.21. The summed E-state index contributed by atoms with van der Waals surface area (Å²) >= 11 is 8.49. The number of hydrogen-bond acceptors (Lipinski definition) is 3. The molecule has 6 heteroatoms. The first-order chi connectivity index (χ1) is 10.8. The van der Waals surface area contributed by atoms with E-state index in [1.165, 1.54) is 0 Å². The summed E-state index contributed by atoms with van der Waals surface area (Å²) < 4.78 is 17.7. The van der Waals surface area contributed by atoms with Crippen LogP contribution in [0.2, 0.25) is 0 Å². The van der Waals surface area contributed by atoms with E-state index < -0.39 is 0 Å². The molecule has 3 nitrogen and oxygen atoms in total. The number of halogens is 2. The Kier molecular flexibility index (Phi) is 6.68. The van der Waals surface area contributed by atoms with Crippen LogP contribution >= 0.6 is 34.2 Å². The third-order valence-electron chi connectivity index (χ3n) is 4.26. The smallest absolute Gasteiger partial charge is 0.465 e. The van der Waals surface area contributed by atoms with Crippen molar-refractivity contribution in [2.24, 2.45) is 0 Å². The lowest BCUT2D eigenvalue weighted by atomic mass is 9.69. The van der Waals surface area contributed by atoms with Crippen molar-refractivity contribution in [1.29, 1.82) is 0 Å². The highest BCUT2D eigenvalue weighted by Crippen LogP contribution is 2.38. The van der Waals surface area contributed by atoms with Gasteiger partial charge in [0.2, 0.25) is 0 Å². The zero-order valence-electron chi connectivity index (χ0n) is 14.5. The lowest BCUT2D eigenvalue weighted by Crippen LogP contribution is -2.34. The van der Waals surface area contributed by atoms with E-state index in [4.69, 9.17) is 25.3 Å². The Morgan fingerprint density at radius 3 is 2.78 bits per heavy atom. The molecule has 0 fully saturated rings. The van der Waals surface area contributed by atoms with Crippen molar-refractivity contribution < 1.29 is 13.7 Å². The van der Waals surface area contributed by atoms with E-state index in [0.717, 1.165) is 53.8 Å². The molecule has 1 aromatic heterocycles. The fraction of sp³-hybridized carbons (Fsp3) is 0.647. The summed E-state index contributed by atoms with van der Waals surface area (Å²) in [5.41, 5.74) is 3.40. The summed E-state index contributed by atoms with van der Waals surface area (Å²) in [6, 6.07) is 0. The van der Waals surface area contributed by atoms with Crippen LogP contribution in [-0.2, 0) is 22.2 Å². The first kappa shape index (κ1) is 19.4. The van der Waals surface area contributed by atoms with Gasteiger partial charge in [0.25, 0.3) is 0 Å².